The van der Waals surface area contributed by atoms with E-state index in [1.807, 2.05) is 11.6 Å². The van der Waals surface area contributed by atoms with Crippen LogP contribution in [0.4, 0.5) is 11.5 Å². The summed E-state index contributed by atoms with van der Waals surface area (Å²) in [5, 5.41) is 22.1. The Bertz CT molecular complexity index is 665. The highest BCUT2D eigenvalue weighted by molar-refractivity contribution is 5.44. The summed E-state index contributed by atoms with van der Waals surface area (Å²) in [6.45, 7) is 6.19. The molecule has 0 unspecified atom stereocenters. The lowest BCUT2D eigenvalue weighted by atomic mass is 10.2. The first-order valence-electron chi connectivity index (χ1n) is 6.64. The predicted molar refractivity (Wildman–Crippen MR) is 78.0 cm³/mol. The van der Waals surface area contributed by atoms with Crippen LogP contribution in [0.2, 0.25) is 0 Å². The van der Waals surface area contributed by atoms with Gasteiger partial charge in [-0.25, -0.2) is 4.98 Å². The molecule has 2 aromatic heterocycles. The molecule has 21 heavy (non-hydrogen) atoms. The van der Waals surface area contributed by atoms with Crippen molar-refractivity contribution >= 4 is 11.5 Å². The Morgan fingerprint density at radius 3 is 2.62 bits per heavy atom. The van der Waals surface area contributed by atoms with Gasteiger partial charge in [-0.2, -0.15) is 0 Å². The van der Waals surface area contributed by atoms with Gasteiger partial charge in [-0.05, 0) is 13.0 Å². The van der Waals surface area contributed by atoms with E-state index in [9.17, 15) is 10.1 Å². The molecule has 0 atom stereocenters. The summed E-state index contributed by atoms with van der Waals surface area (Å²) in [5.41, 5.74) is 0.395. The fourth-order valence-electron chi connectivity index (χ4n) is 2.05. The van der Waals surface area contributed by atoms with E-state index in [4.69, 9.17) is 0 Å². The summed E-state index contributed by atoms with van der Waals surface area (Å²) >= 11 is 0. The van der Waals surface area contributed by atoms with E-state index in [0.717, 1.165) is 11.6 Å². The first kappa shape index (κ1) is 14.9. The minimum absolute atomic E-state index is 0.0151. The molecule has 0 saturated carbocycles. The lowest BCUT2D eigenvalue weighted by molar-refractivity contribution is -0.385. The lowest BCUT2D eigenvalue weighted by Gasteiger charge is -2.08. The second kappa shape index (κ2) is 5.86. The van der Waals surface area contributed by atoms with Crippen LogP contribution in [0.3, 0.4) is 0 Å². The fourth-order valence-corrected chi connectivity index (χ4v) is 2.05. The zero-order chi connectivity index (χ0) is 15.6. The first-order valence-corrected chi connectivity index (χ1v) is 6.64. The van der Waals surface area contributed by atoms with Gasteiger partial charge in [0.15, 0.2) is 5.82 Å². The molecule has 1 N–H and O–H groups in total. The first-order chi connectivity index (χ1) is 9.90. The van der Waals surface area contributed by atoms with Crippen LogP contribution in [0.15, 0.2) is 12.1 Å². The van der Waals surface area contributed by atoms with Gasteiger partial charge in [-0.3, -0.25) is 10.1 Å². The van der Waals surface area contributed by atoms with Crippen LogP contribution in [0.1, 0.15) is 37.1 Å². The number of hydrogen-bond donors (Lipinski definition) is 1. The number of pyridine rings is 1. The molecule has 0 saturated heterocycles. The topological polar surface area (TPSA) is 98.8 Å². The number of aryl methyl sites for hydroxylation is 1. The Morgan fingerprint density at radius 2 is 2.10 bits per heavy atom. The quantitative estimate of drug-likeness (QED) is 0.669. The fraction of sp³-hybridized carbons (Fsp3) is 0.462. The van der Waals surface area contributed by atoms with Gasteiger partial charge in [-0.1, -0.05) is 13.8 Å². The maximum Gasteiger partial charge on any atom is 0.290 e. The number of nitro groups is 1. The molecule has 2 rings (SSSR count). The summed E-state index contributed by atoms with van der Waals surface area (Å²) in [4.78, 5) is 14.5. The van der Waals surface area contributed by atoms with E-state index in [-0.39, 0.29) is 5.69 Å². The van der Waals surface area contributed by atoms with E-state index < -0.39 is 4.92 Å². The smallest absolute Gasteiger partial charge is 0.290 e. The molecule has 0 amide bonds. The van der Waals surface area contributed by atoms with Gasteiger partial charge in [0.2, 0.25) is 0 Å². The minimum atomic E-state index is -0.441. The Hall–Kier alpha value is -2.51. The Kier molecular flexibility index (Phi) is 4.15. The number of nitrogens with zero attached hydrogens (tertiary/aromatic N) is 5. The van der Waals surface area contributed by atoms with Crippen molar-refractivity contribution in [2.45, 2.75) is 33.2 Å². The van der Waals surface area contributed by atoms with Crippen LogP contribution in [-0.4, -0.2) is 24.7 Å². The maximum atomic E-state index is 10.7. The number of nitrogens with one attached hydrogen (secondary N) is 1. The summed E-state index contributed by atoms with van der Waals surface area (Å²) < 4.78 is 1.94. The average Bonchev–Trinajstić information content (AvgIpc) is 2.77. The summed E-state index contributed by atoms with van der Waals surface area (Å²) in [5.74, 6) is 2.58. The molecule has 0 aliphatic rings. The van der Waals surface area contributed by atoms with Crippen LogP contribution in [0.5, 0.6) is 0 Å². The number of aromatic nitrogens is 4. The van der Waals surface area contributed by atoms with Crippen molar-refractivity contribution in [1.29, 1.82) is 0 Å². The second-order valence-electron chi connectivity index (χ2n) is 5.10. The maximum absolute atomic E-state index is 10.7. The Balaban J connectivity index is 2.10. The molecular formula is C13H18N6O2. The van der Waals surface area contributed by atoms with E-state index in [0.29, 0.717) is 24.0 Å². The molecule has 0 fully saturated rings. The molecular weight excluding hydrogens is 272 g/mol. The highest BCUT2D eigenvalue weighted by atomic mass is 16.6. The predicted octanol–water partition coefficient (Wildman–Crippen LogP) is 2.16. The van der Waals surface area contributed by atoms with Gasteiger partial charge >= 0.3 is 0 Å². The van der Waals surface area contributed by atoms with E-state index in [2.05, 4.69) is 34.3 Å². The van der Waals surface area contributed by atoms with Crippen molar-refractivity contribution in [2.24, 2.45) is 7.05 Å². The van der Waals surface area contributed by atoms with E-state index in [1.165, 1.54) is 6.07 Å². The normalized spacial score (nSPS) is 10.9. The van der Waals surface area contributed by atoms with Crippen molar-refractivity contribution in [1.82, 2.24) is 19.7 Å². The molecule has 112 valence electrons. The molecule has 2 aromatic rings. The third kappa shape index (κ3) is 3.15. The van der Waals surface area contributed by atoms with Gasteiger partial charge in [0.1, 0.15) is 17.3 Å². The van der Waals surface area contributed by atoms with Crippen LogP contribution in [0, 0.1) is 17.0 Å². The van der Waals surface area contributed by atoms with E-state index >= 15 is 0 Å². The zero-order valence-corrected chi connectivity index (χ0v) is 12.5. The van der Waals surface area contributed by atoms with Gasteiger partial charge in [-0.15, -0.1) is 10.2 Å². The highest BCUT2D eigenvalue weighted by Gasteiger charge is 2.13. The molecule has 0 spiro atoms. The van der Waals surface area contributed by atoms with Crippen molar-refractivity contribution in [3.8, 4) is 0 Å². The Morgan fingerprint density at radius 1 is 1.38 bits per heavy atom. The highest BCUT2D eigenvalue weighted by Crippen LogP contribution is 2.18. The summed E-state index contributed by atoms with van der Waals surface area (Å²) in [6.07, 6.45) is 0. The third-order valence-corrected chi connectivity index (χ3v) is 3.20. The standard InChI is InChI=1S/C13H18N6O2/c1-8(2)13-17-16-12(18(13)4)7-14-11-6-5-10(19(20)21)9(3)15-11/h5-6,8H,7H2,1-4H3,(H,14,15). The number of anilines is 1. The van der Waals surface area contributed by atoms with Crippen LogP contribution in [0.25, 0.3) is 0 Å². The summed E-state index contributed by atoms with van der Waals surface area (Å²) in [6, 6.07) is 3.03. The molecule has 8 nitrogen and oxygen atoms in total. The van der Waals surface area contributed by atoms with Crippen molar-refractivity contribution in [3.05, 3.63) is 39.6 Å². The molecule has 8 heteroatoms. The van der Waals surface area contributed by atoms with E-state index in [1.54, 1.807) is 13.0 Å². The van der Waals surface area contributed by atoms with Crippen molar-refractivity contribution < 1.29 is 4.92 Å². The third-order valence-electron chi connectivity index (χ3n) is 3.20. The molecule has 0 aromatic carbocycles. The van der Waals surface area contributed by atoms with Crippen LogP contribution in [-0.2, 0) is 13.6 Å². The zero-order valence-electron chi connectivity index (χ0n) is 12.5. The SMILES string of the molecule is Cc1nc(NCc2nnc(C(C)C)n2C)ccc1[N+](=O)[O-]. The average molecular weight is 290 g/mol. The van der Waals surface area contributed by atoms with Crippen molar-refractivity contribution in [2.75, 3.05) is 5.32 Å². The molecule has 0 radical (unpaired) electrons. The number of rotatable bonds is 5. The number of hydrogen-bond acceptors (Lipinski definition) is 6. The molecule has 0 aliphatic carbocycles. The van der Waals surface area contributed by atoms with Gasteiger partial charge in [0.05, 0.1) is 11.5 Å². The van der Waals surface area contributed by atoms with Gasteiger partial charge in [0.25, 0.3) is 5.69 Å². The second-order valence-corrected chi connectivity index (χ2v) is 5.10. The summed E-state index contributed by atoms with van der Waals surface area (Å²) in [7, 11) is 1.92. The monoisotopic (exact) mass is 290 g/mol. The minimum Gasteiger partial charge on any atom is -0.363 e. The molecule has 2 heterocycles. The Labute approximate surface area is 122 Å². The van der Waals surface area contributed by atoms with Gasteiger partial charge in [0, 0.05) is 19.0 Å². The van der Waals surface area contributed by atoms with Crippen molar-refractivity contribution in [3.63, 3.8) is 0 Å². The largest absolute Gasteiger partial charge is 0.363 e. The molecule has 0 bridgehead atoms. The van der Waals surface area contributed by atoms with Gasteiger partial charge < -0.3 is 9.88 Å². The molecule has 0 aliphatic heterocycles. The van der Waals surface area contributed by atoms with Crippen LogP contribution < -0.4 is 5.32 Å². The van der Waals surface area contributed by atoms with Crippen LogP contribution >= 0.6 is 0 Å². The lowest BCUT2D eigenvalue weighted by Crippen LogP contribution is -2.09.